The molecule has 3 rings (SSSR count). The third-order valence-electron chi connectivity index (χ3n) is 3.06. The van der Waals surface area contributed by atoms with Crippen molar-refractivity contribution in [1.82, 2.24) is 4.98 Å². The first-order chi connectivity index (χ1) is 9.54. The fraction of sp³-hybridized carbons (Fsp3) is 0.0667. The highest BCUT2D eigenvalue weighted by Crippen LogP contribution is 2.27. The third kappa shape index (κ3) is 2.14. The fourth-order valence-corrected chi connectivity index (χ4v) is 2.15. The van der Waals surface area contributed by atoms with Crippen LogP contribution < -0.4 is 0 Å². The lowest BCUT2D eigenvalue weighted by Gasteiger charge is -1.98. The standard InChI is InChI=1S/C15H10ClNO3/c1-8-6-13-12(7-11(8)15(18)19)17-14(20-13)9-2-4-10(16)5-3-9/h2-7H,1H3,(H,18,19). The lowest BCUT2D eigenvalue weighted by molar-refractivity contribution is 0.0696. The van der Waals surface area contributed by atoms with Crippen molar-refractivity contribution < 1.29 is 14.3 Å². The van der Waals surface area contributed by atoms with E-state index in [4.69, 9.17) is 21.1 Å². The van der Waals surface area contributed by atoms with Crippen LogP contribution in [0.25, 0.3) is 22.6 Å². The lowest BCUT2D eigenvalue weighted by Crippen LogP contribution is -1.98. The Labute approximate surface area is 119 Å². The summed E-state index contributed by atoms with van der Waals surface area (Å²) in [5.41, 5.74) is 2.76. The maximum Gasteiger partial charge on any atom is 0.336 e. The molecule has 0 unspecified atom stereocenters. The van der Waals surface area contributed by atoms with E-state index in [1.54, 1.807) is 37.3 Å². The van der Waals surface area contributed by atoms with Crippen molar-refractivity contribution in [3.8, 4) is 11.5 Å². The predicted molar refractivity (Wildman–Crippen MR) is 76.2 cm³/mol. The van der Waals surface area contributed by atoms with Crippen LogP contribution in [0.4, 0.5) is 0 Å². The summed E-state index contributed by atoms with van der Waals surface area (Å²) >= 11 is 5.84. The van der Waals surface area contributed by atoms with E-state index >= 15 is 0 Å². The second kappa shape index (κ2) is 4.65. The number of fused-ring (bicyclic) bond motifs is 1. The second-order valence-electron chi connectivity index (χ2n) is 4.47. The predicted octanol–water partition coefficient (Wildman–Crippen LogP) is 4.15. The summed E-state index contributed by atoms with van der Waals surface area (Å²) in [4.78, 5) is 15.4. The van der Waals surface area contributed by atoms with Gasteiger partial charge in [0.1, 0.15) is 5.52 Å². The van der Waals surface area contributed by atoms with Crippen LogP contribution in [0, 0.1) is 6.92 Å². The molecule has 0 amide bonds. The molecule has 20 heavy (non-hydrogen) atoms. The summed E-state index contributed by atoms with van der Waals surface area (Å²) in [7, 11) is 0. The molecule has 0 aliphatic heterocycles. The van der Waals surface area contributed by atoms with Crippen molar-refractivity contribution in [1.29, 1.82) is 0 Å². The monoisotopic (exact) mass is 287 g/mol. The molecule has 0 aliphatic rings. The van der Waals surface area contributed by atoms with Crippen molar-refractivity contribution in [2.75, 3.05) is 0 Å². The minimum absolute atomic E-state index is 0.230. The van der Waals surface area contributed by atoms with Gasteiger partial charge in [0.2, 0.25) is 5.89 Å². The highest BCUT2D eigenvalue weighted by atomic mass is 35.5. The number of rotatable bonds is 2. The summed E-state index contributed by atoms with van der Waals surface area (Å²) < 4.78 is 5.66. The Bertz CT molecular complexity index is 806. The van der Waals surface area contributed by atoms with Gasteiger partial charge in [-0.3, -0.25) is 0 Å². The van der Waals surface area contributed by atoms with Gasteiger partial charge in [-0.1, -0.05) is 11.6 Å². The normalized spacial score (nSPS) is 10.9. The first kappa shape index (κ1) is 12.7. The quantitative estimate of drug-likeness (QED) is 0.769. The molecule has 4 nitrogen and oxygen atoms in total. The number of carboxylic acids is 1. The molecule has 0 radical (unpaired) electrons. The average molecular weight is 288 g/mol. The van der Waals surface area contributed by atoms with Gasteiger partial charge in [-0.05, 0) is 48.9 Å². The number of aromatic carboxylic acids is 1. The number of aryl methyl sites for hydroxylation is 1. The molecule has 1 N–H and O–H groups in total. The van der Waals surface area contributed by atoms with Gasteiger partial charge in [-0.25, -0.2) is 9.78 Å². The van der Waals surface area contributed by atoms with Crippen LogP contribution in [0.2, 0.25) is 5.02 Å². The van der Waals surface area contributed by atoms with Gasteiger partial charge in [-0.2, -0.15) is 0 Å². The summed E-state index contributed by atoms with van der Waals surface area (Å²) in [6.45, 7) is 1.73. The minimum atomic E-state index is -0.972. The molecule has 0 atom stereocenters. The molecule has 0 fully saturated rings. The van der Waals surface area contributed by atoms with Crippen LogP contribution in [-0.4, -0.2) is 16.1 Å². The van der Waals surface area contributed by atoms with Crippen molar-refractivity contribution in [2.45, 2.75) is 6.92 Å². The molecular formula is C15H10ClNO3. The Kier molecular flexibility index (Phi) is 2.95. The lowest BCUT2D eigenvalue weighted by atomic mass is 10.1. The summed E-state index contributed by atoms with van der Waals surface area (Å²) in [6, 6.07) is 10.3. The maximum atomic E-state index is 11.1. The molecule has 0 bridgehead atoms. The molecule has 1 aromatic heterocycles. The van der Waals surface area contributed by atoms with Gasteiger partial charge in [0.15, 0.2) is 5.58 Å². The number of aromatic nitrogens is 1. The average Bonchev–Trinajstić information content (AvgIpc) is 2.81. The number of carbonyl (C=O) groups is 1. The topological polar surface area (TPSA) is 63.3 Å². The molecular weight excluding hydrogens is 278 g/mol. The second-order valence-corrected chi connectivity index (χ2v) is 4.90. The Morgan fingerprint density at radius 1 is 1.25 bits per heavy atom. The Hall–Kier alpha value is -2.33. The largest absolute Gasteiger partial charge is 0.478 e. The fourth-order valence-electron chi connectivity index (χ4n) is 2.02. The van der Waals surface area contributed by atoms with Crippen LogP contribution in [-0.2, 0) is 0 Å². The molecule has 0 saturated heterocycles. The first-order valence-electron chi connectivity index (χ1n) is 5.95. The third-order valence-corrected chi connectivity index (χ3v) is 3.31. The van der Waals surface area contributed by atoms with Gasteiger partial charge in [0.25, 0.3) is 0 Å². The zero-order valence-electron chi connectivity index (χ0n) is 10.6. The van der Waals surface area contributed by atoms with E-state index in [-0.39, 0.29) is 5.56 Å². The summed E-state index contributed by atoms with van der Waals surface area (Å²) in [5.74, 6) is -0.529. The molecule has 0 aliphatic carbocycles. The van der Waals surface area contributed by atoms with Gasteiger partial charge in [-0.15, -0.1) is 0 Å². The van der Waals surface area contributed by atoms with Crippen LogP contribution >= 0.6 is 11.6 Å². The van der Waals surface area contributed by atoms with Gasteiger partial charge in [0.05, 0.1) is 5.56 Å². The number of carboxylic acid groups (broad SMARTS) is 1. The van der Waals surface area contributed by atoms with Gasteiger partial charge < -0.3 is 9.52 Å². The molecule has 1 heterocycles. The van der Waals surface area contributed by atoms with Crippen LogP contribution in [0.1, 0.15) is 15.9 Å². The van der Waals surface area contributed by atoms with E-state index in [0.29, 0.717) is 27.6 Å². The van der Waals surface area contributed by atoms with Crippen molar-refractivity contribution in [3.05, 3.63) is 52.5 Å². The van der Waals surface area contributed by atoms with E-state index < -0.39 is 5.97 Å². The van der Waals surface area contributed by atoms with E-state index in [1.807, 2.05) is 0 Å². The van der Waals surface area contributed by atoms with Crippen molar-refractivity contribution >= 4 is 28.7 Å². The maximum absolute atomic E-state index is 11.1. The molecule has 3 aromatic rings. The smallest absolute Gasteiger partial charge is 0.336 e. The Balaban J connectivity index is 2.15. The number of oxazole rings is 1. The van der Waals surface area contributed by atoms with Crippen LogP contribution in [0.15, 0.2) is 40.8 Å². The van der Waals surface area contributed by atoms with Gasteiger partial charge >= 0.3 is 5.97 Å². The molecule has 0 spiro atoms. The number of benzene rings is 2. The number of halogens is 1. The summed E-state index contributed by atoms with van der Waals surface area (Å²) in [6.07, 6.45) is 0. The molecule has 2 aromatic carbocycles. The highest BCUT2D eigenvalue weighted by Gasteiger charge is 2.13. The van der Waals surface area contributed by atoms with E-state index in [9.17, 15) is 4.79 Å². The molecule has 0 saturated carbocycles. The summed E-state index contributed by atoms with van der Waals surface area (Å²) in [5, 5.41) is 9.74. The van der Waals surface area contributed by atoms with E-state index in [2.05, 4.69) is 4.98 Å². The van der Waals surface area contributed by atoms with Gasteiger partial charge in [0, 0.05) is 10.6 Å². The molecule has 5 heteroatoms. The van der Waals surface area contributed by atoms with Crippen molar-refractivity contribution in [2.24, 2.45) is 0 Å². The number of hydrogen-bond donors (Lipinski definition) is 1. The van der Waals surface area contributed by atoms with Crippen molar-refractivity contribution in [3.63, 3.8) is 0 Å². The number of hydrogen-bond acceptors (Lipinski definition) is 3. The zero-order chi connectivity index (χ0) is 14.3. The Morgan fingerprint density at radius 2 is 1.95 bits per heavy atom. The van der Waals surface area contributed by atoms with E-state index in [1.165, 1.54) is 6.07 Å². The zero-order valence-corrected chi connectivity index (χ0v) is 11.3. The number of nitrogens with zero attached hydrogens (tertiary/aromatic N) is 1. The Morgan fingerprint density at radius 3 is 2.60 bits per heavy atom. The van der Waals surface area contributed by atoms with Crippen LogP contribution in [0.5, 0.6) is 0 Å². The first-order valence-corrected chi connectivity index (χ1v) is 6.33. The highest BCUT2D eigenvalue weighted by molar-refractivity contribution is 6.30. The molecule has 100 valence electrons. The van der Waals surface area contributed by atoms with E-state index in [0.717, 1.165) is 5.56 Å². The SMILES string of the molecule is Cc1cc2oc(-c3ccc(Cl)cc3)nc2cc1C(=O)O. The minimum Gasteiger partial charge on any atom is -0.478 e. The van der Waals surface area contributed by atoms with Crippen LogP contribution in [0.3, 0.4) is 0 Å².